The van der Waals surface area contributed by atoms with Crippen molar-refractivity contribution >= 4 is 0 Å². The third kappa shape index (κ3) is 9.28. The molecule has 0 unspecified atom stereocenters. The van der Waals surface area contributed by atoms with Crippen LogP contribution in [0.3, 0.4) is 0 Å². The van der Waals surface area contributed by atoms with Crippen LogP contribution >= 0.6 is 0 Å². The first-order chi connectivity index (χ1) is 5.06. The van der Waals surface area contributed by atoms with Crippen LogP contribution in [0.5, 0.6) is 0 Å². The summed E-state index contributed by atoms with van der Waals surface area (Å²) in [6.07, 6.45) is 9.33. The highest BCUT2D eigenvalue weighted by molar-refractivity contribution is 4.92. The number of hydrogen-bond donors (Lipinski definition) is 1. The van der Waals surface area contributed by atoms with E-state index in [9.17, 15) is 0 Å². The summed E-state index contributed by atoms with van der Waals surface area (Å²) in [7, 11) is 0. The summed E-state index contributed by atoms with van der Waals surface area (Å²) < 4.78 is 0. The lowest BCUT2D eigenvalue weighted by molar-refractivity contribution is 0.491. The second-order valence-corrected chi connectivity index (χ2v) is 3.60. The third-order valence-corrected chi connectivity index (χ3v) is 1.14. The van der Waals surface area contributed by atoms with Crippen molar-refractivity contribution in [3.63, 3.8) is 0 Å². The topological polar surface area (TPSA) is 12.0 Å². The van der Waals surface area contributed by atoms with Crippen LogP contribution in [0.2, 0.25) is 0 Å². The van der Waals surface area contributed by atoms with Gasteiger partial charge in [0, 0.05) is 5.54 Å². The molecule has 0 aliphatic heterocycles. The Morgan fingerprint density at radius 3 is 2.27 bits per heavy atom. The molecule has 0 aromatic carbocycles. The number of allylic oxidation sites excluding steroid dienone is 3. The summed E-state index contributed by atoms with van der Waals surface area (Å²) >= 11 is 0. The van der Waals surface area contributed by atoms with Crippen molar-refractivity contribution in [3.8, 4) is 0 Å². The Morgan fingerprint density at radius 2 is 1.82 bits per heavy atom. The molecule has 0 spiro atoms. The second kappa shape index (κ2) is 5.00. The standard InChI is InChI=1S/C10H19N/c1-5-6-7-8-9-11-10(2,3)4/h5-6,8-9,11H,7H2,1-4H3. The summed E-state index contributed by atoms with van der Waals surface area (Å²) in [6.45, 7) is 8.47. The summed E-state index contributed by atoms with van der Waals surface area (Å²) in [5.74, 6) is 0. The van der Waals surface area contributed by atoms with Gasteiger partial charge in [0.15, 0.2) is 0 Å². The first-order valence-corrected chi connectivity index (χ1v) is 4.10. The molecular weight excluding hydrogens is 134 g/mol. The zero-order chi connectivity index (χ0) is 8.74. The zero-order valence-corrected chi connectivity index (χ0v) is 8.02. The molecule has 1 N–H and O–H groups in total. The minimum Gasteiger partial charge on any atom is -0.387 e. The summed E-state index contributed by atoms with van der Waals surface area (Å²) in [6, 6.07) is 0. The molecule has 0 rings (SSSR count). The van der Waals surface area contributed by atoms with Gasteiger partial charge in [-0.25, -0.2) is 0 Å². The summed E-state index contributed by atoms with van der Waals surface area (Å²) in [5.41, 5.74) is 0.187. The lowest BCUT2D eigenvalue weighted by Gasteiger charge is -2.18. The van der Waals surface area contributed by atoms with E-state index in [1.807, 2.05) is 13.1 Å². The van der Waals surface area contributed by atoms with E-state index in [1.165, 1.54) is 0 Å². The maximum atomic E-state index is 3.27. The molecule has 0 bridgehead atoms. The molecule has 0 aromatic rings. The van der Waals surface area contributed by atoms with Crippen LogP contribution in [0, 0.1) is 0 Å². The molecule has 1 heteroatoms. The lowest BCUT2D eigenvalue weighted by Crippen LogP contribution is -2.30. The van der Waals surface area contributed by atoms with E-state index < -0.39 is 0 Å². The van der Waals surface area contributed by atoms with Crippen molar-refractivity contribution in [1.29, 1.82) is 0 Å². The largest absolute Gasteiger partial charge is 0.387 e. The number of hydrogen-bond acceptors (Lipinski definition) is 1. The zero-order valence-electron chi connectivity index (χ0n) is 8.02. The fourth-order valence-electron chi connectivity index (χ4n) is 0.592. The molecular formula is C10H19N. The molecule has 0 aliphatic rings. The molecule has 0 aromatic heterocycles. The van der Waals surface area contributed by atoms with Gasteiger partial charge in [-0.3, -0.25) is 0 Å². The SMILES string of the molecule is CC=CCC=CNC(C)(C)C. The van der Waals surface area contributed by atoms with Gasteiger partial charge < -0.3 is 5.32 Å². The van der Waals surface area contributed by atoms with Crippen LogP contribution in [0.4, 0.5) is 0 Å². The first kappa shape index (κ1) is 10.3. The van der Waals surface area contributed by atoms with Crippen molar-refractivity contribution in [3.05, 3.63) is 24.4 Å². The Bertz CT molecular complexity index is 137. The molecule has 0 amide bonds. The smallest absolute Gasteiger partial charge is 0.0283 e. The highest BCUT2D eigenvalue weighted by Crippen LogP contribution is 1.97. The minimum atomic E-state index is 0.187. The fraction of sp³-hybridized carbons (Fsp3) is 0.600. The Labute approximate surface area is 70.2 Å². The molecule has 11 heavy (non-hydrogen) atoms. The van der Waals surface area contributed by atoms with Gasteiger partial charge in [0.2, 0.25) is 0 Å². The molecule has 0 aliphatic carbocycles. The Kier molecular flexibility index (Phi) is 4.67. The van der Waals surface area contributed by atoms with Crippen molar-refractivity contribution in [2.24, 2.45) is 0 Å². The van der Waals surface area contributed by atoms with Crippen molar-refractivity contribution < 1.29 is 0 Å². The van der Waals surface area contributed by atoms with E-state index >= 15 is 0 Å². The van der Waals surface area contributed by atoms with E-state index in [1.54, 1.807) is 0 Å². The van der Waals surface area contributed by atoms with E-state index in [0.29, 0.717) is 0 Å². The van der Waals surface area contributed by atoms with Crippen molar-refractivity contribution in [2.45, 2.75) is 39.7 Å². The van der Waals surface area contributed by atoms with Crippen LogP contribution in [-0.2, 0) is 0 Å². The van der Waals surface area contributed by atoms with E-state index in [-0.39, 0.29) is 5.54 Å². The summed E-state index contributed by atoms with van der Waals surface area (Å²) in [5, 5.41) is 3.27. The molecule has 64 valence electrons. The van der Waals surface area contributed by atoms with Crippen LogP contribution in [-0.4, -0.2) is 5.54 Å². The monoisotopic (exact) mass is 153 g/mol. The van der Waals surface area contributed by atoms with Gasteiger partial charge in [-0.2, -0.15) is 0 Å². The van der Waals surface area contributed by atoms with Crippen LogP contribution in [0.25, 0.3) is 0 Å². The van der Waals surface area contributed by atoms with E-state index in [2.05, 4.69) is 44.3 Å². The van der Waals surface area contributed by atoms with Crippen molar-refractivity contribution in [1.82, 2.24) is 5.32 Å². The quantitative estimate of drug-likeness (QED) is 0.615. The van der Waals surface area contributed by atoms with E-state index in [4.69, 9.17) is 0 Å². The Morgan fingerprint density at radius 1 is 1.18 bits per heavy atom. The van der Waals surface area contributed by atoms with Gasteiger partial charge in [-0.1, -0.05) is 18.2 Å². The first-order valence-electron chi connectivity index (χ1n) is 4.10. The minimum absolute atomic E-state index is 0.187. The molecule has 0 saturated heterocycles. The Balaban J connectivity index is 3.45. The molecule has 0 heterocycles. The molecule has 0 saturated carbocycles. The van der Waals surface area contributed by atoms with Crippen LogP contribution in [0.1, 0.15) is 34.1 Å². The van der Waals surface area contributed by atoms with Gasteiger partial charge in [-0.15, -0.1) is 0 Å². The maximum absolute atomic E-state index is 3.27. The normalized spacial score (nSPS) is 13.1. The van der Waals surface area contributed by atoms with Crippen LogP contribution in [0.15, 0.2) is 24.4 Å². The average Bonchev–Trinajstić information content (AvgIpc) is 1.85. The molecule has 0 atom stereocenters. The third-order valence-electron chi connectivity index (χ3n) is 1.14. The average molecular weight is 153 g/mol. The van der Waals surface area contributed by atoms with Crippen molar-refractivity contribution in [2.75, 3.05) is 0 Å². The Hall–Kier alpha value is -0.720. The molecule has 1 nitrogen and oxygen atoms in total. The summed E-state index contributed by atoms with van der Waals surface area (Å²) in [4.78, 5) is 0. The van der Waals surface area contributed by atoms with Gasteiger partial charge >= 0.3 is 0 Å². The van der Waals surface area contributed by atoms with E-state index in [0.717, 1.165) is 6.42 Å². The van der Waals surface area contributed by atoms with Gasteiger partial charge in [-0.05, 0) is 40.3 Å². The number of rotatable bonds is 3. The van der Waals surface area contributed by atoms with Crippen LogP contribution < -0.4 is 5.32 Å². The predicted molar refractivity (Wildman–Crippen MR) is 51.5 cm³/mol. The molecule has 0 fully saturated rings. The highest BCUT2D eigenvalue weighted by Gasteiger charge is 2.03. The molecule has 0 radical (unpaired) electrons. The predicted octanol–water partition coefficient (Wildman–Crippen LogP) is 2.85. The van der Waals surface area contributed by atoms with Gasteiger partial charge in [0.05, 0.1) is 0 Å². The van der Waals surface area contributed by atoms with Gasteiger partial charge in [0.1, 0.15) is 0 Å². The second-order valence-electron chi connectivity index (χ2n) is 3.60. The maximum Gasteiger partial charge on any atom is 0.0283 e. The van der Waals surface area contributed by atoms with Gasteiger partial charge in [0.25, 0.3) is 0 Å². The lowest BCUT2D eigenvalue weighted by atomic mass is 10.1. The fourth-order valence-corrected chi connectivity index (χ4v) is 0.592. The number of nitrogens with one attached hydrogen (secondary N) is 1. The highest BCUT2D eigenvalue weighted by atomic mass is 14.9.